The van der Waals surface area contributed by atoms with Crippen molar-refractivity contribution in [3.8, 4) is 0 Å². The number of hydrogen-bond donors (Lipinski definition) is 1. The van der Waals surface area contributed by atoms with Crippen LogP contribution in [0.4, 0.5) is 10.2 Å². The van der Waals surface area contributed by atoms with E-state index in [0.29, 0.717) is 18.0 Å². The summed E-state index contributed by atoms with van der Waals surface area (Å²) in [6.45, 7) is 0.366. The van der Waals surface area contributed by atoms with Crippen molar-refractivity contribution in [3.05, 3.63) is 34.1 Å². The van der Waals surface area contributed by atoms with Gasteiger partial charge in [0.05, 0.1) is 18.5 Å². The van der Waals surface area contributed by atoms with Gasteiger partial charge in [-0.05, 0) is 17.7 Å². The zero-order chi connectivity index (χ0) is 13.9. The van der Waals surface area contributed by atoms with Crippen LogP contribution in [0.25, 0.3) is 11.0 Å². The van der Waals surface area contributed by atoms with E-state index in [4.69, 9.17) is 11.6 Å². The van der Waals surface area contributed by atoms with Gasteiger partial charge in [-0.2, -0.15) is 4.98 Å². The SMILES string of the molecule is FCCn1ccc2c(NCc3nccs3)nc(Cl)nc21. The Labute approximate surface area is 123 Å². The van der Waals surface area contributed by atoms with Crippen LogP contribution >= 0.6 is 22.9 Å². The minimum absolute atomic E-state index is 0.137. The molecule has 0 saturated heterocycles. The smallest absolute Gasteiger partial charge is 0.226 e. The van der Waals surface area contributed by atoms with Crippen LogP contribution in [0.3, 0.4) is 0 Å². The van der Waals surface area contributed by atoms with E-state index < -0.39 is 6.67 Å². The summed E-state index contributed by atoms with van der Waals surface area (Å²) in [6, 6.07) is 1.85. The van der Waals surface area contributed by atoms with Gasteiger partial charge in [0, 0.05) is 17.8 Å². The third kappa shape index (κ3) is 2.59. The van der Waals surface area contributed by atoms with Crippen LogP contribution in [0.1, 0.15) is 5.01 Å². The molecule has 3 aromatic heterocycles. The van der Waals surface area contributed by atoms with Crippen LogP contribution in [0.2, 0.25) is 5.28 Å². The molecule has 0 fully saturated rings. The van der Waals surface area contributed by atoms with Gasteiger partial charge >= 0.3 is 0 Å². The normalized spacial score (nSPS) is 11.1. The number of nitrogens with one attached hydrogen (secondary N) is 1. The molecule has 0 saturated carbocycles. The van der Waals surface area contributed by atoms with E-state index in [2.05, 4.69) is 20.3 Å². The Morgan fingerprint density at radius 2 is 2.30 bits per heavy atom. The van der Waals surface area contributed by atoms with E-state index in [9.17, 15) is 4.39 Å². The van der Waals surface area contributed by atoms with Crippen LogP contribution in [-0.4, -0.2) is 26.2 Å². The summed E-state index contributed by atoms with van der Waals surface area (Å²) in [6.07, 6.45) is 3.53. The lowest BCUT2D eigenvalue weighted by Gasteiger charge is -2.07. The molecule has 0 aliphatic rings. The molecule has 1 N–H and O–H groups in total. The molecule has 0 amide bonds. The zero-order valence-electron chi connectivity index (χ0n) is 10.4. The van der Waals surface area contributed by atoms with Crippen molar-refractivity contribution in [1.29, 1.82) is 0 Å². The largest absolute Gasteiger partial charge is 0.363 e. The molecule has 3 heterocycles. The summed E-state index contributed by atoms with van der Waals surface area (Å²) in [5.41, 5.74) is 0.629. The zero-order valence-corrected chi connectivity index (χ0v) is 12.0. The number of thiazole rings is 1. The quantitative estimate of drug-likeness (QED) is 0.736. The third-order valence-corrected chi connectivity index (χ3v) is 3.76. The molecule has 8 heteroatoms. The average Bonchev–Trinajstić information content (AvgIpc) is 3.07. The molecule has 0 aliphatic heterocycles. The number of aryl methyl sites for hydroxylation is 1. The standard InChI is InChI=1S/C12H11ClFN5S/c13-12-17-10(16-7-9-15-3-6-20-9)8-1-4-19(5-2-14)11(8)18-12/h1,3-4,6H,2,5,7H2,(H,16,17,18). The molecular formula is C12H11ClFN5S. The van der Waals surface area contributed by atoms with Crippen molar-refractivity contribution in [2.75, 3.05) is 12.0 Å². The van der Waals surface area contributed by atoms with E-state index in [1.54, 1.807) is 28.3 Å². The minimum atomic E-state index is -0.451. The number of nitrogens with zero attached hydrogens (tertiary/aromatic N) is 4. The first-order chi connectivity index (χ1) is 9.78. The Balaban J connectivity index is 1.93. The Hall–Kier alpha value is -1.73. The van der Waals surface area contributed by atoms with E-state index in [1.165, 1.54) is 0 Å². The first kappa shape index (κ1) is 13.3. The molecule has 0 atom stereocenters. The highest BCUT2D eigenvalue weighted by Crippen LogP contribution is 2.24. The van der Waals surface area contributed by atoms with Gasteiger partial charge in [0.15, 0.2) is 0 Å². The summed E-state index contributed by atoms with van der Waals surface area (Å²) < 4.78 is 14.2. The monoisotopic (exact) mass is 311 g/mol. The van der Waals surface area contributed by atoms with Crippen molar-refractivity contribution < 1.29 is 4.39 Å². The van der Waals surface area contributed by atoms with E-state index in [1.807, 2.05) is 11.4 Å². The van der Waals surface area contributed by atoms with Gasteiger partial charge in [0.25, 0.3) is 0 Å². The summed E-state index contributed by atoms with van der Waals surface area (Å²) in [5, 5.41) is 7.02. The number of alkyl halides is 1. The predicted octanol–water partition coefficient (Wildman–Crippen LogP) is 3.12. The molecule has 3 aromatic rings. The van der Waals surface area contributed by atoms with Crippen molar-refractivity contribution >= 4 is 39.8 Å². The molecule has 0 aromatic carbocycles. The number of halogens is 2. The Bertz CT molecular complexity index is 712. The first-order valence-electron chi connectivity index (χ1n) is 5.98. The highest BCUT2D eigenvalue weighted by atomic mass is 35.5. The summed E-state index contributed by atoms with van der Waals surface area (Å²) >= 11 is 7.49. The van der Waals surface area contributed by atoms with Crippen LogP contribution in [0.5, 0.6) is 0 Å². The van der Waals surface area contributed by atoms with Crippen LogP contribution in [0, 0.1) is 0 Å². The molecule has 5 nitrogen and oxygen atoms in total. The van der Waals surface area contributed by atoms with Crippen molar-refractivity contribution in [2.24, 2.45) is 0 Å². The Kier molecular flexibility index (Phi) is 3.79. The van der Waals surface area contributed by atoms with E-state index >= 15 is 0 Å². The molecule has 20 heavy (non-hydrogen) atoms. The lowest BCUT2D eigenvalue weighted by Crippen LogP contribution is -2.04. The second-order valence-electron chi connectivity index (χ2n) is 4.06. The van der Waals surface area contributed by atoms with Crippen LogP contribution in [0.15, 0.2) is 23.8 Å². The van der Waals surface area contributed by atoms with E-state index in [0.717, 1.165) is 10.4 Å². The topological polar surface area (TPSA) is 55.6 Å². The van der Waals surface area contributed by atoms with Gasteiger partial charge in [0.1, 0.15) is 23.1 Å². The molecule has 0 bridgehead atoms. The maximum Gasteiger partial charge on any atom is 0.226 e. The highest BCUT2D eigenvalue weighted by molar-refractivity contribution is 7.09. The number of anilines is 1. The first-order valence-corrected chi connectivity index (χ1v) is 7.24. The number of aromatic nitrogens is 4. The summed E-state index contributed by atoms with van der Waals surface area (Å²) in [5.74, 6) is 0.632. The molecule has 0 radical (unpaired) electrons. The maximum atomic E-state index is 12.5. The van der Waals surface area contributed by atoms with E-state index in [-0.39, 0.29) is 11.8 Å². The van der Waals surface area contributed by atoms with Crippen molar-refractivity contribution in [2.45, 2.75) is 13.1 Å². The predicted molar refractivity (Wildman–Crippen MR) is 78.0 cm³/mol. The fourth-order valence-electron chi connectivity index (χ4n) is 1.94. The highest BCUT2D eigenvalue weighted by Gasteiger charge is 2.11. The van der Waals surface area contributed by atoms with Crippen LogP contribution in [-0.2, 0) is 13.1 Å². The lowest BCUT2D eigenvalue weighted by atomic mass is 10.4. The van der Waals surface area contributed by atoms with Gasteiger partial charge in [-0.25, -0.2) is 14.4 Å². The molecule has 0 unspecified atom stereocenters. The minimum Gasteiger partial charge on any atom is -0.363 e. The molecule has 0 spiro atoms. The maximum absolute atomic E-state index is 12.5. The molecular weight excluding hydrogens is 301 g/mol. The molecule has 3 rings (SSSR count). The number of fused-ring (bicyclic) bond motifs is 1. The average molecular weight is 312 g/mol. The second-order valence-corrected chi connectivity index (χ2v) is 5.37. The lowest BCUT2D eigenvalue weighted by molar-refractivity contribution is 0.450. The fraction of sp³-hybridized carbons (Fsp3) is 0.250. The fourth-order valence-corrected chi connectivity index (χ4v) is 2.66. The second kappa shape index (κ2) is 5.72. The molecule has 104 valence electrons. The van der Waals surface area contributed by atoms with Gasteiger partial charge in [-0.3, -0.25) is 0 Å². The Morgan fingerprint density at radius 1 is 1.40 bits per heavy atom. The summed E-state index contributed by atoms with van der Waals surface area (Å²) in [4.78, 5) is 12.5. The number of hydrogen-bond acceptors (Lipinski definition) is 5. The van der Waals surface area contributed by atoms with Crippen molar-refractivity contribution in [3.63, 3.8) is 0 Å². The van der Waals surface area contributed by atoms with Crippen molar-refractivity contribution in [1.82, 2.24) is 19.5 Å². The number of rotatable bonds is 5. The Morgan fingerprint density at radius 3 is 3.05 bits per heavy atom. The van der Waals surface area contributed by atoms with Crippen LogP contribution < -0.4 is 5.32 Å². The summed E-state index contributed by atoms with van der Waals surface area (Å²) in [7, 11) is 0. The third-order valence-electron chi connectivity index (χ3n) is 2.81. The molecule has 0 aliphatic carbocycles. The van der Waals surface area contributed by atoms with Gasteiger partial charge in [0.2, 0.25) is 5.28 Å². The van der Waals surface area contributed by atoms with Gasteiger partial charge < -0.3 is 9.88 Å². The van der Waals surface area contributed by atoms with Gasteiger partial charge in [-0.15, -0.1) is 11.3 Å². The van der Waals surface area contributed by atoms with Gasteiger partial charge in [-0.1, -0.05) is 0 Å².